The number of ether oxygens (including phenoxy) is 4. The fraction of sp³-hybridized carbons (Fsp3) is 0.828. The van der Waals surface area contributed by atoms with E-state index in [-0.39, 0.29) is 44.9 Å². The summed E-state index contributed by atoms with van der Waals surface area (Å²) in [6, 6.07) is 0. The van der Waals surface area contributed by atoms with Crippen LogP contribution in [0.15, 0.2) is 0 Å². The zero-order chi connectivity index (χ0) is 30.8. The smallest absolute Gasteiger partial charge is 0.338 e. The molecule has 0 bridgehead atoms. The Hall–Kier alpha value is -2.53. The molecular formula is C29H49NO10. The molecule has 0 atom stereocenters. The first-order valence-electron chi connectivity index (χ1n) is 14.0. The number of nitrogens with zero attached hydrogens (tertiary/aromatic N) is 1. The third-order valence-electron chi connectivity index (χ3n) is 6.57. The normalized spacial score (nSPS) is 14.9. The fourth-order valence-corrected chi connectivity index (χ4v) is 4.34. The summed E-state index contributed by atoms with van der Waals surface area (Å²) in [5.74, 6) is -2.42. The summed E-state index contributed by atoms with van der Waals surface area (Å²) in [6.07, 6.45) is 1.85. The average molecular weight is 572 g/mol. The Kier molecular flexibility index (Phi) is 13.2. The van der Waals surface area contributed by atoms with Crippen LogP contribution in [-0.2, 0) is 47.8 Å². The molecule has 0 aromatic carbocycles. The molecule has 1 aliphatic rings. The third-order valence-corrected chi connectivity index (χ3v) is 6.57. The van der Waals surface area contributed by atoms with E-state index in [0.717, 1.165) is 0 Å². The number of imide groups is 1. The first-order valence-corrected chi connectivity index (χ1v) is 14.0. The van der Waals surface area contributed by atoms with Crippen molar-refractivity contribution in [3.8, 4) is 0 Å². The first-order chi connectivity index (χ1) is 18.3. The molecule has 1 heterocycles. The van der Waals surface area contributed by atoms with Crippen molar-refractivity contribution in [3.05, 3.63) is 0 Å². The Morgan fingerprint density at radius 1 is 0.725 bits per heavy atom. The Labute approximate surface area is 238 Å². The van der Waals surface area contributed by atoms with Gasteiger partial charge in [-0.2, -0.15) is 0 Å². The zero-order valence-electron chi connectivity index (χ0n) is 25.8. The lowest BCUT2D eigenvalue weighted by Gasteiger charge is -2.33. The quantitative estimate of drug-likeness (QED) is 0.133. The van der Waals surface area contributed by atoms with Crippen molar-refractivity contribution in [1.29, 1.82) is 0 Å². The fourth-order valence-electron chi connectivity index (χ4n) is 4.34. The summed E-state index contributed by atoms with van der Waals surface area (Å²) in [7, 11) is 0. The topological polar surface area (TPSA) is 135 Å². The molecule has 1 aliphatic heterocycles. The van der Waals surface area contributed by atoms with Gasteiger partial charge in [-0.3, -0.25) is 19.2 Å². The van der Waals surface area contributed by atoms with Crippen LogP contribution in [-0.4, -0.2) is 72.4 Å². The van der Waals surface area contributed by atoms with Gasteiger partial charge >= 0.3 is 17.9 Å². The van der Waals surface area contributed by atoms with E-state index in [1.165, 1.54) is 0 Å². The number of hydrogen-bond acceptors (Lipinski definition) is 10. The standard InChI is InChI=1S/C29H49NO10/c1-10-23(33)37-17-18-39-29(8,9)14-16-38-28(6,7)13-15-36-24(34)19-26(2,3)20-27(4,5)25(35)40-30-21(31)11-12-22(30)32/h10-20H2,1-9H3. The summed E-state index contributed by atoms with van der Waals surface area (Å²) >= 11 is 0. The molecule has 0 radical (unpaired) electrons. The van der Waals surface area contributed by atoms with Gasteiger partial charge in [0.25, 0.3) is 11.8 Å². The highest BCUT2D eigenvalue weighted by atomic mass is 16.7. The van der Waals surface area contributed by atoms with Gasteiger partial charge in [0, 0.05) is 25.7 Å². The SMILES string of the molecule is CCC(=O)OCCOC(C)(C)CCOC(C)(C)CCOC(=O)CC(C)(C)CC(C)(C)C(=O)ON1C(=O)CCC1=O. The lowest BCUT2D eigenvalue weighted by Crippen LogP contribution is -2.40. The molecule has 0 aromatic heterocycles. The molecule has 0 saturated carbocycles. The molecule has 2 amide bonds. The van der Waals surface area contributed by atoms with Gasteiger partial charge < -0.3 is 23.8 Å². The average Bonchev–Trinajstić information content (AvgIpc) is 3.12. The van der Waals surface area contributed by atoms with Gasteiger partial charge in [-0.15, -0.1) is 5.06 Å². The lowest BCUT2D eigenvalue weighted by molar-refractivity contribution is -0.205. The largest absolute Gasteiger partial charge is 0.466 e. The van der Waals surface area contributed by atoms with Crippen LogP contribution in [0, 0.1) is 10.8 Å². The van der Waals surface area contributed by atoms with Crippen molar-refractivity contribution in [1.82, 2.24) is 5.06 Å². The molecule has 11 nitrogen and oxygen atoms in total. The summed E-state index contributed by atoms with van der Waals surface area (Å²) in [6.45, 7) is 17.6. The number of carbonyl (C=O) groups is 5. The van der Waals surface area contributed by atoms with Crippen molar-refractivity contribution >= 4 is 29.7 Å². The molecule has 1 rings (SSSR count). The van der Waals surface area contributed by atoms with E-state index in [1.54, 1.807) is 20.8 Å². The van der Waals surface area contributed by atoms with Crippen LogP contribution < -0.4 is 0 Å². The predicted molar refractivity (Wildman–Crippen MR) is 145 cm³/mol. The second-order valence-corrected chi connectivity index (χ2v) is 12.9. The minimum atomic E-state index is -1.04. The number of amides is 2. The third kappa shape index (κ3) is 13.2. The minimum Gasteiger partial charge on any atom is -0.466 e. The summed E-state index contributed by atoms with van der Waals surface area (Å²) in [4.78, 5) is 65.1. The summed E-state index contributed by atoms with van der Waals surface area (Å²) < 4.78 is 22.3. The monoisotopic (exact) mass is 571 g/mol. The number of hydroxylamine groups is 2. The molecule has 230 valence electrons. The van der Waals surface area contributed by atoms with E-state index in [1.807, 2.05) is 41.5 Å². The second kappa shape index (κ2) is 14.9. The number of hydrogen-bond donors (Lipinski definition) is 0. The van der Waals surface area contributed by atoms with Crippen LogP contribution in [0.3, 0.4) is 0 Å². The molecule has 0 aromatic rings. The van der Waals surface area contributed by atoms with Gasteiger partial charge in [0.05, 0.1) is 42.9 Å². The lowest BCUT2D eigenvalue weighted by atomic mass is 9.73. The summed E-state index contributed by atoms with van der Waals surface area (Å²) in [5, 5.41) is 0.538. The molecule has 1 saturated heterocycles. The Morgan fingerprint density at radius 2 is 1.23 bits per heavy atom. The molecule has 1 fully saturated rings. The van der Waals surface area contributed by atoms with Gasteiger partial charge in [-0.25, -0.2) is 4.79 Å². The van der Waals surface area contributed by atoms with E-state index in [0.29, 0.717) is 37.5 Å². The molecule has 0 unspecified atom stereocenters. The van der Waals surface area contributed by atoms with Gasteiger partial charge in [0.2, 0.25) is 0 Å². The van der Waals surface area contributed by atoms with E-state index < -0.39 is 45.8 Å². The minimum absolute atomic E-state index is 0.0250. The van der Waals surface area contributed by atoms with Gasteiger partial charge in [-0.1, -0.05) is 20.8 Å². The maximum atomic E-state index is 12.7. The second-order valence-electron chi connectivity index (χ2n) is 12.9. The maximum Gasteiger partial charge on any atom is 0.338 e. The van der Waals surface area contributed by atoms with Crippen LogP contribution in [0.25, 0.3) is 0 Å². The number of rotatable bonds is 18. The van der Waals surface area contributed by atoms with Gasteiger partial charge in [-0.05, 0) is 59.8 Å². The number of esters is 2. The van der Waals surface area contributed by atoms with Gasteiger partial charge in [0.15, 0.2) is 0 Å². The van der Waals surface area contributed by atoms with E-state index >= 15 is 0 Å². The molecule has 0 spiro atoms. The van der Waals surface area contributed by atoms with Crippen molar-refractivity contribution in [2.75, 3.05) is 26.4 Å². The number of carbonyl (C=O) groups excluding carboxylic acids is 5. The van der Waals surface area contributed by atoms with Crippen molar-refractivity contribution in [2.45, 2.75) is 118 Å². The molecular weight excluding hydrogens is 522 g/mol. The highest BCUT2D eigenvalue weighted by Crippen LogP contribution is 2.38. The van der Waals surface area contributed by atoms with Crippen LogP contribution in [0.2, 0.25) is 0 Å². The predicted octanol–water partition coefficient (Wildman–Crippen LogP) is 4.29. The Morgan fingerprint density at radius 3 is 1.77 bits per heavy atom. The van der Waals surface area contributed by atoms with Crippen molar-refractivity contribution in [3.63, 3.8) is 0 Å². The molecule has 40 heavy (non-hydrogen) atoms. The Balaban J connectivity index is 2.40. The van der Waals surface area contributed by atoms with E-state index in [2.05, 4.69) is 0 Å². The molecule has 11 heteroatoms. The van der Waals surface area contributed by atoms with Crippen LogP contribution in [0.1, 0.15) is 107 Å². The Bertz CT molecular complexity index is 890. The highest BCUT2D eigenvalue weighted by molar-refractivity contribution is 6.01. The first kappa shape index (κ1) is 35.5. The van der Waals surface area contributed by atoms with Crippen LogP contribution >= 0.6 is 0 Å². The van der Waals surface area contributed by atoms with Crippen molar-refractivity contribution in [2.24, 2.45) is 10.8 Å². The van der Waals surface area contributed by atoms with Crippen LogP contribution in [0.4, 0.5) is 0 Å². The molecule has 0 aliphatic carbocycles. The van der Waals surface area contributed by atoms with E-state index in [4.69, 9.17) is 23.8 Å². The maximum absolute atomic E-state index is 12.7. The van der Waals surface area contributed by atoms with Crippen molar-refractivity contribution < 1.29 is 47.8 Å². The van der Waals surface area contributed by atoms with Gasteiger partial charge in [0.1, 0.15) is 6.61 Å². The highest BCUT2D eigenvalue weighted by Gasteiger charge is 2.41. The van der Waals surface area contributed by atoms with Crippen LogP contribution in [0.5, 0.6) is 0 Å². The summed E-state index contributed by atoms with van der Waals surface area (Å²) in [5.41, 5.74) is -2.63. The van der Waals surface area contributed by atoms with E-state index in [9.17, 15) is 24.0 Å². The molecule has 0 N–H and O–H groups in total. The zero-order valence-corrected chi connectivity index (χ0v) is 25.8.